The predicted octanol–water partition coefficient (Wildman–Crippen LogP) is 0.853. The van der Waals surface area contributed by atoms with Crippen LogP contribution in [0, 0.1) is 5.92 Å². The van der Waals surface area contributed by atoms with Crippen LogP contribution in [0.2, 0.25) is 0 Å². The molecule has 1 amide bonds. The summed E-state index contributed by atoms with van der Waals surface area (Å²) >= 11 is 0. The van der Waals surface area contributed by atoms with E-state index >= 15 is 0 Å². The fraction of sp³-hybridized carbons (Fsp3) is 0.900. The monoisotopic (exact) mass is 184 g/mol. The highest BCUT2D eigenvalue weighted by Crippen LogP contribution is 2.17. The summed E-state index contributed by atoms with van der Waals surface area (Å²) < 4.78 is 0. The number of hydrogen-bond donors (Lipinski definition) is 1. The molecule has 0 aromatic carbocycles. The van der Waals surface area contributed by atoms with E-state index in [0.29, 0.717) is 12.5 Å². The minimum Gasteiger partial charge on any atom is -0.353 e. The summed E-state index contributed by atoms with van der Waals surface area (Å²) in [6, 6.07) is 0. The summed E-state index contributed by atoms with van der Waals surface area (Å²) in [4.78, 5) is 13.5. The van der Waals surface area contributed by atoms with Gasteiger partial charge in [-0.15, -0.1) is 0 Å². The minimum absolute atomic E-state index is 0.109. The topological polar surface area (TPSA) is 32.3 Å². The molecule has 0 unspecified atom stereocenters. The van der Waals surface area contributed by atoms with Gasteiger partial charge >= 0.3 is 0 Å². The van der Waals surface area contributed by atoms with E-state index in [1.165, 1.54) is 0 Å². The first-order valence-electron chi connectivity index (χ1n) is 4.93. The average Bonchev–Trinajstić information content (AvgIpc) is 1.97. The van der Waals surface area contributed by atoms with Gasteiger partial charge in [0.1, 0.15) is 0 Å². The number of nitrogens with zero attached hydrogens (tertiary/aromatic N) is 1. The van der Waals surface area contributed by atoms with E-state index in [-0.39, 0.29) is 11.4 Å². The second-order valence-electron chi connectivity index (χ2n) is 4.86. The van der Waals surface area contributed by atoms with E-state index in [0.717, 1.165) is 13.1 Å². The van der Waals surface area contributed by atoms with Gasteiger partial charge in [-0.25, -0.2) is 0 Å². The summed E-state index contributed by atoms with van der Waals surface area (Å²) in [6.07, 6.45) is 0. The van der Waals surface area contributed by atoms with Crippen molar-refractivity contribution >= 4 is 5.91 Å². The van der Waals surface area contributed by atoms with Crippen molar-refractivity contribution in [1.82, 2.24) is 10.2 Å². The SMILES string of the molecule is CC(C)CN1CC(=O)NCC1(C)C. The van der Waals surface area contributed by atoms with E-state index < -0.39 is 0 Å². The largest absolute Gasteiger partial charge is 0.353 e. The van der Waals surface area contributed by atoms with Gasteiger partial charge in [0.25, 0.3) is 0 Å². The molecule has 0 aromatic rings. The zero-order valence-electron chi connectivity index (χ0n) is 9.05. The maximum atomic E-state index is 11.2. The zero-order valence-corrected chi connectivity index (χ0v) is 9.05. The molecule has 0 saturated carbocycles. The molecule has 13 heavy (non-hydrogen) atoms. The van der Waals surface area contributed by atoms with Crippen LogP contribution in [0.4, 0.5) is 0 Å². The second-order valence-corrected chi connectivity index (χ2v) is 4.86. The van der Waals surface area contributed by atoms with Gasteiger partial charge < -0.3 is 5.32 Å². The highest BCUT2D eigenvalue weighted by atomic mass is 16.2. The Labute approximate surface area is 80.5 Å². The minimum atomic E-state index is 0.109. The van der Waals surface area contributed by atoms with E-state index in [9.17, 15) is 4.79 Å². The van der Waals surface area contributed by atoms with Crippen molar-refractivity contribution in [2.45, 2.75) is 33.2 Å². The van der Waals surface area contributed by atoms with Gasteiger partial charge in [-0.1, -0.05) is 13.8 Å². The van der Waals surface area contributed by atoms with Crippen molar-refractivity contribution in [1.29, 1.82) is 0 Å². The lowest BCUT2D eigenvalue weighted by Gasteiger charge is -2.42. The number of rotatable bonds is 2. The standard InChI is InChI=1S/C10H20N2O/c1-8(2)5-12-6-9(13)11-7-10(12,3)4/h8H,5-7H2,1-4H3,(H,11,13). The number of carbonyl (C=O) groups is 1. The molecule has 76 valence electrons. The van der Waals surface area contributed by atoms with Gasteiger partial charge in [-0.3, -0.25) is 9.69 Å². The Hall–Kier alpha value is -0.570. The Balaban J connectivity index is 2.61. The lowest BCUT2D eigenvalue weighted by Crippen LogP contribution is -2.60. The van der Waals surface area contributed by atoms with Crippen LogP contribution in [0.1, 0.15) is 27.7 Å². The molecule has 1 fully saturated rings. The van der Waals surface area contributed by atoms with Crippen molar-refractivity contribution in [2.24, 2.45) is 5.92 Å². The van der Waals surface area contributed by atoms with Crippen LogP contribution < -0.4 is 5.32 Å². The Kier molecular flexibility index (Phi) is 2.96. The fourth-order valence-electron chi connectivity index (χ4n) is 1.62. The first kappa shape index (κ1) is 10.5. The Morgan fingerprint density at radius 1 is 1.54 bits per heavy atom. The molecule has 0 radical (unpaired) electrons. The maximum absolute atomic E-state index is 11.2. The van der Waals surface area contributed by atoms with Gasteiger partial charge in [0.15, 0.2) is 0 Å². The molecule has 3 nitrogen and oxygen atoms in total. The summed E-state index contributed by atoms with van der Waals surface area (Å²) in [6.45, 7) is 11.0. The van der Waals surface area contributed by atoms with E-state index in [2.05, 4.69) is 37.9 Å². The summed E-state index contributed by atoms with van der Waals surface area (Å²) in [5.74, 6) is 0.769. The molecule has 1 aliphatic rings. The molecule has 0 aliphatic carbocycles. The molecule has 0 atom stereocenters. The Morgan fingerprint density at radius 3 is 2.69 bits per heavy atom. The van der Waals surface area contributed by atoms with Crippen LogP contribution in [0.3, 0.4) is 0 Å². The molecule has 3 heteroatoms. The lowest BCUT2D eigenvalue weighted by molar-refractivity contribution is -0.127. The quantitative estimate of drug-likeness (QED) is 0.690. The molecule has 0 spiro atoms. The Morgan fingerprint density at radius 2 is 2.15 bits per heavy atom. The maximum Gasteiger partial charge on any atom is 0.234 e. The predicted molar refractivity (Wildman–Crippen MR) is 53.5 cm³/mol. The summed E-state index contributed by atoms with van der Waals surface area (Å²) in [7, 11) is 0. The molecule has 1 heterocycles. The van der Waals surface area contributed by atoms with Crippen molar-refractivity contribution in [3.8, 4) is 0 Å². The first-order valence-corrected chi connectivity index (χ1v) is 4.93. The highest BCUT2D eigenvalue weighted by molar-refractivity contribution is 5.79. The summed E-state index contributed by atoms with van der Waals surface area (Å²) in [5, 5.41) is 2.89. The number of piperazine rings is 1. The van der Waals surface area contributed by atoms with Crippen molar-refractivity contribution in [3.05, 3.63) is 0 Å². The number of carbonyl (C=O) groups excluding carboxylic acids is 1. The van der Waals surface area contributed by atoms with Gasteiger partial charge in [-0.2, -0.15) is 0 Å². The molecule has 0 aromatic heterocycles. The zero-order chi connectivity index (χ0) is 10.1. The molecule has 1 rings (SSSR count). The highest BCUT2D eigenvalue weighted by Gasteiger charge is 2.32. The normalized spacial score (nSPS) is 23.3. The van der Waals surface area contributed by atoms with Crippen LogP contribution in [0.5, 0.6) is 0 Å². The number of hydrogen-bond acceptors (Lipinski definition) is 2. The van der Waals surface area contributed by atoms with Gasteiger partial charge in [-0.05, 0) is 19.8 Å². The van der Waals surface area contributed by atoms with Crippen molar-refractivity contribution in [2.75, 3.05) is 19.6 Å². The van der Waals surface area contributed by atoms with Gasteiger partial charge in [0.2, 0.25) is 5.91 Å². The van der Waals surface area contributed by atoms with Crippen LogP contribution in [0.25, 0.3) is 0 Å². The molecule has 1 aliphatic heterocycles. The van der Waals surface area contributed by atoms with E-state index in [4.69, 9.17) is 0 Å². The fourth-order valence-corrected chi connectivity index (χ4v) is 1.62. The average molecular weight is 184 g/mol. The van der Waals surface area contributed by atoms with E-state index in [1.54, 1.807) is 0 Å². The van der Waals surface area contributed by atoms with Gasteiger partial charge in [0, 0.05) is 18.6 Å². The van der Waals surface area contributed by atoms with Crippen molar-refractivity contribution < 1.29 is 4.79 Å². The smallest absolute Gasteiger partial charge is 0.234 e. The second kappa shape index (κ2) is 3.66. The lowest BCUT2D eigenvalue weighted by atomic mass is 9.98. The number of amides is 1. The molecule has 0 bridgehead atoms. The molecular formula is C10H20N2O. The number of nitrogens with one attached hydrogen (secondary N) is 1. The van der Waals surface area contributed by atoms with Crippen LogP contribution >= 0.6 is 0 Å². The first-order chi connectivity index (χ1) is 5.92. The third kappa shape index (κ3) is 2.69. The third-order valence-corrected chi connectivity index (χ3v) is 2.49. The van der Waals surface area contributed by atoms with Gasteiger partial charge in [0.05, 0.1) is 6.54 Å². The molecule has 1 saturated heterocycles. The van der Waals surface area contributed by atoms with Crippen LogP contribution in [-0.4, -0.2) is 36.0 Å². The van der Waals surface area contributed by atoms with Crippen molar-refractivity contribution in [3.63, 3.8) is 0 Å². The third-order valence-electron chi connectivity index (χ3n) is 2.49. The summed E-state index contributed by atoms with van der Waals surface area (Å²) in [5.41, 5.74) is 0.109. The Bertz CT molecular complexity index is 199. The van der Waals surface area contributed by atoms with Crippen LogP contribution in [0.15, 0.2) is 0 Å². The molecular weight excluding hydrogens is 164 g/mol. The molecule has 1 N–H and O–H groups in total. The van der Waals surface area contributed by atoms with E-state index in [1.807, 2.05) is 0 Å². The van der Waals surface area contributed by atoms with Crippen LogP contribution in [-0.2, 0) is 4.79 Å².